The molecule has 0 spiro atoms. The van der Waals surface area contributed by atoms with Crippen molar-refractivity contribution in [2.45, 2.75) is 11.8 Å². The van der Waals surface area contributed by atoms with Crippen molar-refractivity contribution in [2.24, 2.45) is 0 Å². The molecule has 0 amide bonds. The SMILES string of the molecule is c1ccc(C(c2ccc[nH]2)c2ccc(C(c3ccccc3)c3ccc[nH]3)c3ccccc23)cc1. The Bertz CT molecular complexity index is 1370. The third-order valence-corrected chi connectivity index (χ3v) is 6.75. The van der Waals surface area contributed by atoms with Crippen LogP contribution in [0.1, 0.15) is 45.5 Å². The topological polar surface area (TPSA) is 31.6 Å². The van der Waals surface area contributed by atoms with Gasteiger partial charge in [-0.15, -0.1) is 0 Å². The lowest BCUT2D eigenvalue weighted by Gasteiger charge is -2.24. The molecule has 0 saturated heterocycles. The normalized spacial score (nSPS) is 13.1. The van der Waals surface area contributed by atoms with Crippen LogP contribution < -0.4 is 0 Å². The molecular formula is C32H26N2. The van der Waals surface area contributed by atoms with Crippen molar-refractivity contribution in [1.29, 1.82) is 0 Å². The van der Waals surface area contributed by atoms with Crippen LogP contribution in [0.25, 0.3) is 10.8 Å². The number of nitrogens with one attached hydrogen (secondary N) is 2. The van der Waals surface area contributed by atoms with Gasteiger partial charge < -0.3 is 9.97 Å². The summed E-state index contributed by atoms with van der Waals surface area (Å²) >= 11 is 0. The second-order valence-corrected chi connectivity index (χ2v) is 8.73. The van der Waals surface area contributed by atoms with E-state index in [1.165, 1.54) is 44.4 Å². The number of rotatable bonds is 6. The molecule has 2 heterocycles. The fourth-order valence-electron chi connectivity index (χ4n) is 5.24. The van der Waals surface area contributed by atoms with Gasteiger partial charge in [-0.25, -0.2) is 0 Å². The minimum atomic E-state index is 0.135. The van der Waals surface area contributed by atoms with Crippen LogP contribution in [-0.4, -0.2) is 9.97 Å². The second-order valence-electron chi connectivity index (χ2n) is 8.73. The average Bonchev–Trinajstić information content (AvgIpc) is 3.62. The first-order valence-corrected chi connectivity index (χ1v) is 11.8. The fraction of sp³-hybridized carbons (Fsp3) is 0.0625. The van der Waals surface area contributed by atoms with Crippen LogP contribution in [0.3, 0.4) is 0 Å². The van der Waals surface area contributed by atoms with Gasteiger partial charge in [-0.05, 0) is 57.3 Å². The summed E-state index contributed by atoms with van der Waals surface area (Å²) in [7, 11) is 0. The van der Waals surface area contributed by atoms with Crippen LogP contribution in [0, 0.1) is 0 Å². The molecule has 164 valence electrons. The molecule has 2 atom stereocenters. The van der Waals surface area contributed by atoms with E-state index in [9.17, 15) is 0 Å². The summed E-state index contributed by atoms with van der Waals surface area (Å²) in [5.74, 6) is 0.270. The maximum Gasteiger partial charge on any atom is 0.0496 e. The van der Waals surface area contributed by atoms with Crippen LogP contribution in [0.4, 0.5) is 0 Å². The minimum Gasteiger partial charge on any atom is -0.364 e. The van der Waals surface area contributed by atoms with Gasteiger partial charge in [0.2, 0.25) is 0 Å². The smallest absolute Gasteiger partial charge is 0.0496 e. The van der Waals surface area contributed by atoms with Crippen molar-refractivity contribution < 1.29 is 0 Å². The molecule has 0 aliphatic heterocycles. The van der Waals surface area contributed by atoms with Crippen LogP contribution >= 0.6 is 0 Å². The summed E-state index contributed by atoms with van der Waals surface area (Å²) in [5.41, 5.74) is 7.59. The van der Waals surface area contributed by atoms with E-state index >= 15 is 0 Å². The van der Waals surface area contributed by atoms with Gasteiger partial charge >= 0.3 is 0 Å². The maximum absolute atomic E-state index is 3.48. The number of aromatic amines is 2. The minimum absolute atomic E-state index is 0.135. The van der Waals surface area contributed by atoms with Crippen LogP contribution in [0.2, 0.25) is 0 Å². The number of hydrogen-bond donors (Lipinski definition) is 2. The predicted octanol–water partition coefficient (Wildman–Crippen LogP) is 7.86. The molecule has 0 fully saturated rings. The fourth-order valence-corrected chi connectivity index (χ4v) is 5.24. The van der Waals surface area contributed by atoms with E-state index in [4.69, 9.17) is 0 Å². The first kappa shape index (κ1) is 20.3. The lowest BCUT2D eigenvalue weighted by atomic mass is 9.80. The molecule has 0 aliphatic carbocycles. The van der Waals surface area contributed by atoms with E-state index in [0.717, 1.165) is 0 Å². The molecular weight excluding hydrogens is 412 g/mol. The Morgan fingerprint density at radius 2 is 0.794 bits per heavy atom. The van der Waals surface area contributed by atoms with Crippen LogP contribution in [0.5, 0.6) is 0 Å². The van der Waals surface area contributed by atoms with Gasteiger partial charge in [0.1, 0.15) is 0 Å². The number of aromatic nitrogens is 2. The first-order valence-electron chi connectivity index (χ1n) is 11.8. The summed E-state index contributed by atoms with van der Waals surface area (Å²) < 4.78 is 0. The summed E-state index contributed by atoms with van der Waals surface area (Å²) in [6.45, 7) is 0. The second kappa shape index (κ2) is 8.92. The van der Waals surface area contributed by atoms with Gasteiger partial charge in [0, 0.05) is 35.6 Å². The zero-order valence-electron chi connectivity index (χ0n) is 18.9. The zero-order valence-corrected chi connectivity index (χ0v) is 18.9. The highest BCUT2D eigenvalue weighted by atomic mass is 14.7. The van der Waals surface area contributed by atoms with Crippen molar-refractivity contribution >= 4 is 10.8 Å². The molecule has 0 saturated carbocycles. The predicted molar refractivity (Wildman–Crippen MR) is 140 cm³/mol. The van der Waals surface area contributed by atoms with E-state index in [0.29, 0.717) is 0 Å². The standard InChI is InChI=1S/C32H26N2/c1-3-11-23(12-4-1)31(29-17-9-21-33-29)27-19-20-28(26-16-8-7-15-25(26)27)32(30-18-10-22-34-30)24-13-5-2-6-14-24/h1-22,31-34H. The third-order valence-electron chi connectivity index (χ3n) is 6.75. The van der Waals surface area contributed by atoms with Crippen molar-refractivity contribution in [3.05, 3.63) is 167 Å². The highest BCUT2D eigenvalue weighted by Gasteiger charge is 2.24. The Morgan fingerprint density at radius 1 is 0.382 bits per heavy atom. The van der Waals surface area contributed by atoms with E-state index < -0.39 is 0 Å². The van der Waals surface area contributed by atoms with Gasteiger partial charge in [-0.2, -0.15) is 0 Å². The molecule has 0 radical (unpaired) electrons. The Labute approximate surface area is 199 Å². The average molecular weight is 439 g/mol. The van der Waals surface area contributed by atoms with Gasteiger partial charge in [0.15, 0.2) is 0 Å². The molecule has 6 aromatic rings. The van der Waals surface area contributed by atoms with Crippen molar-refractivity contribution in [3.63, 3.8) is 0 Å². The van der Waals surface area contributed by atoms with Gasteiger partial charge in [-0.1, -0.05) is 97.1 Å². The highest BCUT2D eigenvalue weighted by Crippen LogP contribution is 2.40. The molecule has 2 unspecified atom stereocenters. The van der Waals surface area contributed by atoms with Gasteiger partial charge in [0.05, 0.1) is 0 Å². The van der Waals surface area contributed by atoms with Crippen molar-refractivity contribution in [2.75, 3.05) is 0 Å². The van der Waals surface area contributed by atoms with Crippen LogP contribution in [0.15, 0.2) is 134 Å². The Kier molecular flexibility index (Phi) is 5.33. The molecule has 2 aromatic heterocycles. The molecule has 2 N–H and O–H groups in total. The maximum atomic E-state index is 3.48. The summed E-state index contributed by atoms with van der Waals surface area (Å²) in [6.07, 6.45) is 4.02. The quantitative estimate of drug-likeness (QED) is 0.265. The van der Waals surface area contributed by atoms with E-state index in [2.05, 4.69) is 131 Å². The van der Waals surface area contributed by atoms with Crippen LogP contribution in [-0.2, 0) is 0 Å². The molecule has 34 heavy (non-hydrogen) atoms. The van der Waals surface area contributed by atoms with Crippen molar-refractivity contribution in [3.8, 4) is 0 Å². The lowest BCUT2D eigenvalue weighted by molar-refractivity contribution is 0.926. The Hall–Kier alpha value is -4.30. The van der Waals surface area contributed by atoms with E-state index in [1.54, 1.807) is 0 Å². The largest absolute Gasteiger partial charge is 0.364 e. The summed E-state index contributed by atoms with van der Waals surface area (Å²) in [4.78, 5) is 6.96. The molecule has 6 rings (SSSR count). The molecule has 2 nitrogen and oxygen atoms in total. The third kappa shape index (κ3) is 3.64. The monoisotopic (exact) mass is 438 g/mol. The number of hydrogen-bond acceptors (Lipinski definition) is 0. The highest BCUT2D eigenvalue weighted by molar-refractivity contribution is 5.91. The summed E-state index contributed by atoms with van der Waals surface area (Å²) in [5, 5.41) is 2.58. The first-order chi connectivity index (χ1) is 16.9. The number of H-pyrrole nitrogens is 2. The Morgan fingerprint density at radius 3 is 1.18 bits per heavy atom. The van der Waals surface area contributed by atoms with Gasteiger partial charge in [0.25, 0.3) is 0 Å². The Balaban J connectivity index is 1.59. The lowest BCUT2D eigenvalue weighted by Crippen LogP contribution is -2.08. The number of benzene rings is 4. The summed E-state index contributed by atoms with van der Waals surface area (Å²) in [6, 6.07) is 43.6. The van der Waals surface area contributed by atoms with E-state index in [1.807, 2.05) is 12.4 Å². The molecule has 4 aromatic carbocycles. The molecule has 2 heteroatoms. The number of fused-ring (bicyclic) bond motifs is 1. The molecule has 0 aliphatic rings. The van der Waals surface area contributed by atoms with Gasteiger partial charge in [-0.3, -0.25) is 0 Å². The van der Waals surface area contributed by atoms with E-state index in [-0.39, 0.29) is 11.8 Å². The van der Waals surface area contributed by atoms with Crippen molar-refractivity contribution in [1.82, 2.24) is 9.97 Å². The molecule has 0 bridgehead atoms. The zero-order chi connectivity index (χ0) is 22.7.